The van der Waals surface area contributed by atoms with Gasteiger partial charge >= 0.3 is 0 Å². The number of fused-ring (bicyclic) bond motifs is 1. The second kappa shape index (κ2) is 16.9. The van der Waals surface area contributed by atoms with E-state index in [9.17, 15) is 24.0 Å². The zero-order valence-electron chi connectivity index (χ0n) is 27.8. The molecule has 47 heavy (non-hydrogen) atoms. The lowest BCUT2D eigenvalue weighted by atomic mass is 10.0. The minimum atomic E-state index is -1.22. The molecule has 4 N–H and O–H groups in total. The van der Waals surface area contributed by atoms with Gasteiger partial charge in [-0.15, -0.1) is 0 Å². The first-order valence-corrected chi connectivity index (χ1v) is 16.5. The van der Waals surface area contributed by atoms with E-state index in [1.54, 1.807) is 31.2 Å². The van der Waals surface area contributed by atoms with E-state index in [1.165, 1.54) is 4.90 Å². The molecule has 254 valence electrons. The van der Waals surface area contributed by atoms with E-state index in [-0.39, 0.29) is 55.3 Å². The molecular formula is C35H48N6O6. The van der Waals surface area contributed by atoms with Crippen LogP contribution in [-0.2, 0) is 25.7 Å². The first kappa shape index (κ1) is 35.4. The molecule has 0 aliphatic carbocycles. The summed E-state index contributed by atoms with van der Waals surface area (Å²) in [7, 11) is 0. The average molecular weight is 649 g/mol. The Bertz CT molecular complexity index is 1400. The van der Waals surface area contributed by atoms with Crippen LogP contribution < -0.4 is 26.0 Å². The number of para-hydroxylation sites is 1. The molecule has 0 unspecified atom stereocenters. The summed E-state index contributed by atoms with van der Waals surface area (Å²) in [5, 5.41) is 11.4. The molecule has 0 aromatic heterocycles. The Hall–Kier alpha value is -4.45. The molecule has 4 rings (SSSR count). The van der Waals surface area contributed by atoms with Crippen molar-refractivity contribution in [3.8, 4) is 5.75 Å². The molecule has 0 bridgehead atoms. The van der Waals surface area contributed by atoms with Crippen LogP contribution in [0.3, 0.4) is 0 Å². The van der Waals surface area contributed by atoms with E-state index < -0.39 is 41.8 Å². The third kappa shape index (κ3) is 10.0. The quantitative estimate of drug-likeness (QED) is 0.358. The van der Waals surface area contributed by atoms with E-state index in [4.69, 9.17) is 4.74 Å². The van der Waals surface area contributed by atoms with Crippen LogP contribution in [0.4, 0.5) is 0 Å². The minimum Gasteiger partial charge on any atom is -0.491 e. The number of carbonyl (C=O) groups excluding carboxylic acids is 5. The van der Waals surface area contributed by atoms with Gasteiger partial charge in [0.1, 0.15) is 24.4 Å². The van der Waals surface area contributed by atoms with Gasteiger partial charge in [-0.25, -0.2) is 0 Å². The standard InChI is InChI=1S/C35H48N6O6/c1-5-40-17-11-14-26(40)19-36-34(45)28-18-31(43)41(20-25-12-7-6-8-13-25)21-30(42)39-32(23(2)3)35(46)37-24(4)22-47-29-16-10-9-15-27(29)33(44)38-28/h6-10,12-13,15-16,23-24,26,28,32H,5,11,14,17-22H2,1-4H3,(H,36,45)(H,37,46)(H,38,44)(H,39,42)/t24-,26-,28-,32+/m0/s1. The minimum absolute atomic E-state index is 0.0529. The fourth-order valence-electron chi connectivity index (χ4n) is 5.97. The number of amides is 5. The van der Waals surface area contributed by atoms with Gasteiger partial charge in [0.05, 0.1) is 24.6 Å². The number of ether oxygens (including phenoxy) is 1. The lowest BCUT2D eigenvalue weighted by molar-refractivity contribution is -0.139. The number of hydrogen-bond acceptors (Lipinski definition) is 7. The van der Waals surface area contributed by atoms with Gasteiger partial charge in [-0.1, -0.05) is 63.2 Å². The van der Waals surface area contributed by atoms with Crippen LogP contribution in [0, 0.1) is 5.92 Å². The Kier molecular flexibility index (Phi) is 12.7. The molecule has 5 amide bonds. The van der Waals surface area contributed by atoms with E-state index in [2.05, 4.69) is 33.1 Å². The molecule has 2 aliphatic heterocycles. The first-order valence-electron chi connectivity index (χ1n) is 16.5. The van der Waals surface area contributed by atoms with Gasteiger partial charge in [0, 0.05) is 19.1 Å². The van der Waals surface area contributed by atoms with Gasteiger partial charge in [0.25, 0.3) is 5.91 Å². The number of likely N-dealkylation sites (tertiary alicyclic amines) is 1. The van der Waals surface area contributed by atoms with Crippen LogP contribution >= 0.6 is 0 Å². The molecule has 12 heteroatoms. The van der Waals surface area contributed by atoms with Crippen molar-refractivity contribution in [1.29, 1.82) is 0 Å². The summed E-state index contributed by atoms with van der Waals surface area (Å²) in [6.07, 6.45) is 1.60. The Morgan fingerprint density at radius 2 is 1.72 bits per heavy atom. The predicted molar refractivity (Wildman–Crippen MR) is 177 cm³/mol. The zero-order chi connectivity index (χ0) is 33.9. The molecular weight excluding hydrogens is 600 g/mol. The Balaban J connectivity index is 1.66. The maximum absolute atomic E-state index is 14.0. The van der Waals surface area contributed by atoms with E-state index in [1.807, 2.05) is 44.2 Å². The van der Waals surface area contributed by atoms with Crippen molar-refractivity contribution >= 4 is 29.5 Å². The van der Waals surface area contributed by atoms with Crippen molar-refractivity contribution in [2.24, 2.45) is 5.92 Å². The van der Waals surface area contributed by atoms with Crippen molar-refractivity contribution in [1.82, 2.24) is 31.1 Å². The second-order valence-corrected chi connectivity index (χ2v) is 12.6. The summed E-state index contributed by atoms with van der Waals surface area (Å²) in [6, 6.07) is 13.4. The summed E-state index contributed by atoms with van der Waals surface area (Å²) in [4.78, 5) is 71.6. The summed E-state index contributed by atoms with van der Waals surface area (Å²) in [5.41, 5.74) is 0.968. The van der Waals surface area contributed by atoms with Crippen molar-refractivity contribution in [3.05, 3.63) is 65.7 Å². The fraction of sp³-hybridized carbons (Fsp3) is 0.514. The van der Waals surface area contributed by atoms with Crippen LogP contribution in [-0.4, -0.2) is 96.3 Å². The van der Waals surface area contributed by atoms with Crippen LogP contribution in [0.25, 0.3) is 0 Å². The molecule has 2 heterocycles. The third-order valence-electron chi connectivity index (χ3n) is 8.60. The third-order valence-corrected chi connectivity index (χ3v) is 8.60. The summed E-state index contributed by atoms with van der Waals surface area (Å²) in [5.74, 6) is -2.46. The smallest absolute Gasteiger partial charge is 0.255 e. The van der Waals surface area contributed by atoms with Gasteiger partial charge < -0.3 is 30.9 Å². The normalized spacial score (nSPS) is 23.6. The summed E-state index contributed by atoms with van der Waals surface area (Å²) >= 11 is 0. The van der Waals surface area contributed by atoms with Gasteiger partial charge in [-0.05, 0) is 56.5 Å². The molecule has 2 aromatic carbocycles. The zero-order valence-corrected chi connectivity index (χ0v) is 27.8. The highest BCUT2D eigenvalue weighted by Gasteiger charge is 2.32. The molecule has 1 saturated heterocycles. The predicted octanol–water partition coefficient (Wildman–Crippen LogP) is 1.84. The first-order chi connectivity index (χ1) is 22.5. The van der Waals surface area contributed by atoms with Crippen molar-refractivity contribution < 1.29 is 28.7 Å². The van der Waals surface area contributed by atoms with Crippen LogP contribution in [0.2, 0.25) is 0 Å². The molecule has 4 atom stereocenters. The summed E-state index contributed by atoms with van der Waals surface area (Å²) in [6.45, 7) is 9.50. The highest BCUT2D eigenvalue weighted by molar-refractivity contribution is 6.01. The van der Waals surface area contributed by atoms with Crippen molar-refractivity contribution in [3.63, 3.8) is 0 Å². The summed E-state index contributed by atoms with van der Waals surface area (Å²) < 4.78 is 5.96. The lowest BCUT2D eigenvalue weighted by Gasteiger charge is -2.28. The highest BCUT2D eigenvalue weighted by atomic mass is 16.5. The number of carbonyl (C=O) groups is 5. The molecule has 0 radical (unpaired) electrons. The topological polar surface area (TPSA) is 149 Å². The SMILES string of the molecule is CCN1CCC[C@H]1CNC(=O)[C@@H]1CC(=O)N(Cc2ccccc2)CC(=O)N[C@H](C(C)C)C(=O)N[C@@H](C)COc2ccccc2C(=O)N1. The number of nitrogens with one attached hydrogen (secondary N) is 4. The van der Waals surface area contributed by atoms with E-state index >= 15 is 0 Å². The van der Waals surface area contributed by atoms with Gasteiger partial charge in [-0.3, -0.25) is 28.9 Å². The maximum Gasteiger partial charge on any atom is 0.255 e. The Labute approximate surface area is 277 Å². The number of nitrogens with zero attached hydrogens (tertiary/aromatic N) is 2. The number of rotatable bonds is 7. The van der Waals surface area contributed by atoms with Crippen molar-refractivity contribution in [2.75, 3.05) is 32.8 Å². The Morgan fingerprint density at radius 3 is 2.45 bits per heavy atom. The lowest BCUT2D eigenvalue weighted by Crippen LogP contribution is -2.55. The fourth-order valence-corrected chi connectivity index (χ4v) is 5.97. The van der Waals surface area contributed by atoms with Crippen LogP contribution in [0.15, 0.2) is 54.6 Å². The monoisotopic (exact) mass is 648 g/mol. The number of hydrogen-bond donors (Lipinski definition) is 4. The van der Waals surface area contributed by atoms with E-state index in [0.29, 0.717) is 6.54 Å². The van der Waals surface area contributed by atoms with Gasteiger partial charge in [-0.2, -0.15) is 0 Å². The van der Waals surface area contributed by atoms with Gasteiger partial charge in [0.15, 0.2) is 0 Å². The van der Waals surface area contributed by atoms with Crippen molar-refractivity contribution in [2.45, 2.75) is 77.7 Å². The molecule has 2 aliphatic rings. The Morgan fingerprint density at radius 1 is 1.00 bits per heavy atom. The van der Waals surface area contributed by atoms with E-state index in [0.717, 1.165) is 31.5 Å². The van der Waals surface area contributed by atoms with Crippen LogP contribution in [0.5, 0.6) is 5.75 Å². The molecule has 0 saturated carbocycles. The largest absolute Gasteiger partial charge is 0.491 e. The van der Waals surface area contributed by atoms with Crippen LogP contribution in [0.1, 0.15) is 62.9 Å². The number of benzene rings is 2. The highest BCUT2D eigenvalue weighted by Crippen LogP contribution is 2.20. The molecule has 12 nitrogen and oxygen atoms in total. The average Bonchev–Trinajstić information content (AvgIpc) is 3.52. The molecule has 2 aromatic rings. The number of likely N-dealkylation sites (N-methyl/N-ethyl adjacent to an activating group) is 1. The molecule has 0 spiro atoms. The second-order valence-electron chi connectivity index (χ2n) is 12.6. The van der Waals surface area contributed by atoms with Gasteiger partial charge in [0.2, 0.25) is 23.6 Å². The maximum atomic E-state index is 14.0. The molecule has 1 fully saturated rings.